The fraction of sp³-hybridized carbons (Fsp3) is 0.0909. The van der Waals surface area contributed by atoms with E-state index >= 15 is 0 Å². The molecular weight excluding hydrogens is 238 g/mol. The molecule has 1 aromatic heterocycles. The third-order valence-electron chi connectivity index (χ3n) is 2.21. The first-order valence-electron chi connectivity index (χ1n) is 5.02. The van der Waals surface area contributed by atoms with Crippen LogP contribution in [0.2, 0.25) is 5.02 Å². The van der Waals surface area contributed by atoms with Crippen molar-refractivity contribution in [2.75, 3.05) is 10.7 Å². The Hall–Kier alpha value is -1.85. The minimum Gasteiger partial charge on any atom is -0.340 e. The lowest BCUT2D eigenvalue weighted by atomic mass is 10.3. The average molecular weight is 250 g/mol. The molecule has 0 bridgehead atoms. The topological polar surface area (TPSA) is 75.9 Å². The van der Waals surface area contributed by atoms with Gasteiger partial charge in [0.2, 0.25) is 5.95 Å². The standard InChI is InChI=1S/C11H12ClN5/c1-7-6-14-11(17-13)16-10(7)15-9-4-2-8(12)3-5-9/h2-6H,13H2,1H3,(H2,14,15,16,17). The maximum atomic E-state index is 5.81. The quantitative estimate of drug-likeness (QED) is 0.576. The second-order valence-electron chi connectivity index (χ2n) is 3.50. The largest absolute Gasteiger partial charge is 0.340 e. The van der Waals surface area contributed by atoms with E-state index in [1.165, 1.54) is 0 Å². The average Bonchev–Trinajstić information content (AvgIpc) is 2.35. The van der Waals surface area contributed by atoms with Crippen LogP contribution in [-0.4, -0.2) is 9.97 Å². The van der Waals surface area contributed by atoms with Gasteiger partial charge in [0.1, 0.15) is 5.82 Å². The zero-order valence-electron chi connectivity index (χ0n) is 9.24. The molecule has 1 aromatic carbocycles. The maximum absolute atomic E-state index is 5.81. The third-order valence-corrected chi connectivity index (χ3v) is 2.46. The number of nitrogens with zero attached hydrogens (tertiary/aromatic N) is 2. The molecule has 0 radical (unpaired) electrons. The van der Waals surface area contributed by atoms with E-state index in [1.54, 1.807) is 6.20 Å². The summed E-state index contributed by atoms with van der Waals surface area (Å²) >= 11 is 5.81. The van der Waals surface area contributed by atoms with Gasteiger partial charge in [-0.15, -0.1) is 0 Å². The first-order valence-corrected chi connectivity index (χ1v) is 5.39. The van der Waals surface area contributed by atoms with E-state index in [9.17, 15) is 0 Å². The number of nitrogens with two attached hydrogens (primary N) is 1. The lowest BCUT2D eigenvalue weighted by Gasteiger charge is -2.09. The SMILES string of the molecule is Cc1cnc(NN)nc1Nc1ccc(Cl)cc1. The van der Waals surface area contributed by atoms with Crippen molar-refractivity contribution < 1.29 is 0 Å². The van der Waals surface area contributed by atoms with Gasteiger partial charge >= 0.3 is 0 Å². The molecule has 0 unspecified atom stereocenters. The molecule has 6 heteroatoms. The number of benzene rings is 1. The van der Waals surface area contributed by atoms with Crippen LogP contribution in [0.4, 0.5) is 17.5 Å². The zero-order chi connectivity index (χ0) is 12.3. The molecule has 0 saturated heterocycles. The normalized spacial score (nSPS) is 10.1. The molecule has 0 aliphatic heterocycles. The summed E-state index contributed by atoms with van der Waals surface area (Å²) < 4.78 is 0. The lowest BCUT2D eigenvalue weighted by molar-refractivity contribution is 1.09. The number of nitrogens with one attached hydrogen (secondary N) is 2. The number of halogens is 1. The number of nitrogen functional groups attached to an aromatic ring is 1. The first kappa shape index (κ1) is 11.6. The van der Waals surface area contributed by atoms with Gasteiger partial charge in [-0.1, -0.05) is 11.6 Å². The number of aromatic nitrogens is 2. The fourth-order valence-electron chi connectivity index (χ4n) is 1.31. The summed E-state index contributed by atoms with van der Waals surface area (Å²) in [5, 5.41) is 3.86. The summed E-state index contributed by atoms with van der Waals surface area (Å²) in [4.78, 5) is 8.22. The molecular formula is C11H12ClN5. The van der Waals surface area contributed by atoms with E-state index in [4.69, 9.17) is 17.4 Å². The van der Waals surface area contributed by atoms with Crippen molar-refractivity contribution in [1.82, 2.24) is 9.97 Å². The molecule has 0 aliphatic rings. The Morgan fingerprint density at radius 2 is 1.94 bits per heavy atom. The summed E-state index contributed by atoms with van der Waals surface area (Å²) in [5.41, 5.74) is 4.24. The molecule has 0 aliphatic carbocycles. The highest BCUT2D eigenvalue weighted by Gasteiger charge is 2.03. The van der Waals surface area contributed by atoms with Gasteiger partial charge in [0.25, 0.3) is 0 Å². The van der Waals surface area contributed by atoms with Crippen molar-refractivity contribution in [2.24, 2.45) is 5.84 Å². The van der Waals surface area contributed by atoms with Crippen LogP contribution in [0.25, 0.3) is 0 Å². The van der Waals surface area contributed by atoms with Crippen molar-refractivity contribution >= 4 is 29.1 Å². The lowest BCUT2D eigenvalue weighted by Crippen LogP contribution is -2.11. The Kier molecular flexibility index (Phi) is 3.41. The van der Waals surface area contributed by atoms with Gasteiger partial charge in [-0.05, 0) is 31.2 Å². The number of anilines is 3. The molecule has 2 rings (SSSR count). The van der Waals surface area contributed by atoms with Crippen molar-refractivity contribution in [3.05, 3.63) is 41.0 Å². The molecule has 5 nitrogen and oxygen atoms in total. The fourth-order valence-corrected chi connectivity index (χ4v) is 1.43. The van der Waals surface area contributed by atoms with Crippen molar-refractivity contribution in [3.63, 3.8) is 0 Å². The summed E-state index contributed by atoms with van der Waals surface area (Å²) in [6.07, 6.45) is 1.69. The molecule has 0 fully saturated rings. The van der Waals surface area contributed by atoms with Crippen molar-refractivity contribution in [2.45, 2.75) is 6.92 Å². The van der Waals surface area contributed by atoms with Crippen LogP contribution < -0.4 is 16.6 Å². The Morgan fingerprint density at radius 1 is 1.24 bits per heavy atom. The smallest absolute Gasteiger partial charge is 0.239 e. The molecule has 4 N–H and O–H groups in total. The molecule has 2 aromatic rings. The number of rotatable bonds is 3. The van der Waals surface area contributed by atoms with Gasteiger partial charge in [-0.25, -0.2) is 10.8 Å². The van der Waals surface area contributed by atoms with E-state index in [0.29, 0.717) is 16.8 Å². The van der Waals surface area contributed by atoms with E-state index in [1.807, 2.05) is 31.2 Å². The van der Waals surface area contributed by atoms with Crippen LogP contribution in [0, 0.1) is 6.92 Å². The Bertz CT molecular complexity index is 512. The second kappa shape index (κ2) is 4.99. The molecule has 88 valence electrons. The predicted molar refractivity (Wildman–Crippen MR) is 69.3 cm³/mol. The highest BCUT2D eigenvalue weighted by Crippen LogP contribution is 2.20. The molecule has 0 spiro atoms. The zero-order valence-corrected chi connectivity index (χ0v) is 9.99. The van der Waals surface area contributed by atoms with Gasteiger partial charge in [-0.2, -0.15) is 4.98 Å². The van der Waals surface area contributed by atoms with Crippen LogP contribution in [0.3, 0.4) is 0 Å². The predicted octanol–water partition coefficient (Wildman–Crippen LogP) is 2.47. The first-order chi connectivity index (χ1) is 8.19. The van der Waals surface area contributed by atoms with Crippen molar-refractivity contribution in [3.8, 4) is 0 Å². The van der Waals surface area contributed by atoms with Gasteiger partial charge in [-0.3, -0.25) is 5.43 Å². The number of hydrazine groups is 1. The summed E-state index contributed by atoms with van der Waals surface area (Å²) in [6, 6.07) is 7.36. The molecule has 0 atom stereocenters. The Balaban J connectivity index is 2.25. The van der Waals surface area contributed by atoms with E-state index < -0.39 is 0 Å². The maximum Gasteiger partial charge on any atom is 0.239 e. The third kappa shape index (κ3) is 2.83. The number of aryl methyl sites for hydroxylation is 1. The minimum absolute atomic E-state index is 0.368. The van der Waals surface area contributed by atoms with Crippen LogP contribution in [-0.2, 0) is 0 Å². The summed E-state index contributed by atoms with van der Waals surface area (Å²) in [7, 11) is 0. The van der Waals surface area contributed by atoms with Gasteiger partial charge in [0.15, 0.2) is 0 Å². The Labute approximate surface area is 104 Å². The van der Waals surface area contributed by atoms with Gasteiger partial charge in [0, 0.05) is 22.5 Å². The molecule has 17 heavy (non-hydrogen) atoms. The molecule has 1 heterocycles. The van der Waals surface area contributed by atoms with Crippen LogP contribution in [0.1, 0.15) is 5.56 Å². The van der Waals surface area contributed by atoms with E-state index in [0.717, 1.165) is 11.3 Å². The highest BCUT2D eigenvalue weighted by molar-refractivity contribution is 6.30. The number of hydrogen-bond donors (Lipinski definition) is 3. The minimum atomic E-state index is 0.368. The molecule has 0 amide bonds. The summed E-state index contributed by atoms with van der Waals surface area (Å²) in [6.45, 7) is 1.92. The van der Waals surface area contributed by atoms with Crippen LogP contribution in [0.15, 0.2) is 30.5 Å². The summed E-state index contributed by atoms with van der Waals surface area (Å²) in [5.74, 6) is 6.33. The molecule has 0 saturated carbocycles. The highest BCUT2D eigenvalue weighted by atomic mass is 35.5. The number of hydrogen-bond acceptors (Lipinski definition) is 5. The Morgan fingerprint density at radius 3 is 2.59 bits per heavy atom. The second-order valence-corrected chi connectivity index (χ2v) is 3.94. The van der Waals surface area contributed by atoms with Crippen molar-refractivity contribution in [1.29, 1.82) is 0 Å². The monoisotopic (exact) mass is 249 g/mol. The van der Waals surface area contributed by atoms with Crippen LogP contribution >= 0.6 is 11.6 Å². The van der Waals surface area contributed by atoms with Crippen LogP contribution in [0.5, 0.6) is 0 Å². The van der Waals surface area contributed by atoms with E-state index in [2.05, 4.69) is 20.7 Å². The van der Waals surface area contributed by atoms with Gasteiger partial charge in [0.05, 0.1) is 0 Å². The van der Waals surface area contributed by atoms with Gasteiger partial charge < -0.3 is 5.32 Å². The van der Waals surface area contributed by atoms with E-state index in [-0.39, 0.29) is 0 Å².